The Morgan fingerprint density at radius 3 is 2.39 bits per heavy atom. The van der Waals surface area contributed by atoms with Crippen molar-refractivity contribution >= 4 is 11.6 Å². The fraction of sp³-hybridized carbons (Fsp3) is 0.350. The number of carbonyl (C=O) groups is 1. The third-order valence-corrected chi connectivity index (χ3v) is 3.45. The van der Waals surface area contributed by atoms with E-state index in [1.165, 1.54) is 0 Å². The van der Waals surface area contributed by atoms with Crippen LogP contribution < -0.4 is 10.1 Å². The molecule has 0 saturated heterocycles. The van der Waals surface area contributed by atoms with Crippen LogP contribution in [0.1, 0.15) is 50.5 Å². The van der Waals surface area contributed by atoms with Gasteiger partial charge in [-0.15, -0.1) is 0 Å². The molecular formula is C20H25NO2. The van der Waals surface area contributed by atoms with E-state index in [9.17, 15) is 4.79 Å². The van der Waals surface area contributed by atoms with E-state index >= 15 is 0 Å². The minimum Gasteiger partial charge on any atom is -0.491 e. The van der Waals surface area contributed by atoms with Gasteiger partial charge in [0.15, 0.2) is 0 Å². The topological polar surface area (TPSA) is 38.3 Å². The van der Waals surface area contributed by atoms with Crippen molar-refractivity contribution in [3.8, 4) is 5.75 Å². The molecule has 0 saturated carbocycles. The van der Waals surface area contributed by atoms with Gasteiger partial charge in [-0.3, -0.25) is 4.79 Å². The van der Waals surface area contributed by atoms with E-state index in [0.717, 1.165) is 17.0 Å². The Bertz CT molecular complexity index is 684. The number of benzene rings is 2. The van der Waals surface area contributed by atoms with E-state index in [-0.39, 0.29) is 17.4 Å². The zero-order chi connectivity index (χ0) is 17.0. The predicted octanol–water partition coefficient (Wildman–Crippen LogP) is 5.02. The van der Waals surface area contributed by atoms with Crippen LogP contribution in [0.5, 0.6) is 5.75 Å². The number of ether oxygens (including phenoxy) is 1. The van der Waals surface area contributed by atoms with Crippen LogP contribution in [-0.2, 0) is 5.41 Å². The number of rotatable bonds is 4. The second-order valence-electron chi connectivity index (χ2n) is 6.98. The smallest absolute Gasteiger partial charge is 0.255 e. The second-order valence-corrected chi connectivity index (χ2v) is 6.98. The lowest BCUT2D eigenvalue weighted by Gasteiger charge is -2.19. The molecule has 0 unspecified atom stereocenters. The van der Waals surface area contributed by atoms with Gasteiger partial charge in [0.05, 0.1) is 6.10 Å². The van der Waals surface area contributed by atoms with Gasteiger partial charge in [-0.1, -0.05) is 39.0 Å². The van der Waals surface area contributed by atoms with Gasteiger partial charge in [-0.05, 0) is 49.1 Å². The third kappa shape index (κ3) is 4.85. The lowest BCUT2D eigenvalue weighted by Crippen LogP contribution is -2.15. The molecule has 0 fully saturated rings. The molecule has 2 rings (SSSR count). The average molecular weight is 311 g/mol. The molecule has 0 atom stereocenters. The van der Waals surface area contributed by atoms with Crippen LogP contribution in [0.15, 0.2) is 48.5 Å². The van der Waals surface area contributed by atoms with Crippen LogP contribution in [0.2, 0.25) is 0 Å². The fourth-order valence-corrected chi connectivity index (χ4v) is 2.25. The van der Waals surface area contributed by atoms with Crippen molar-refractivity contribution in [2.75, 3.05) is 5.32 Å². The molecule has 0 spiro atoms. The van der Waals surface area contributed by atoms with Crippen LogP contribution in [-0.4, -0.2) is 12.0 Å². The minimum absolute atomic E-state index is 0.0152. The zero-order valence-electron chi connectivity index (χ0n) is 14.5. The molecule has 3 heteroatoms. The Morgan fingerprint density at radius 2 is 1.74 bits per heavy atom. The first kappa shape index (κ1) is 17.1. The zero-order valence-corrected chi connectivity index (χ0v) is 14.5. The molecule has 2 aromatic rings. The summed E-state index contributed by atoms with van der Waals surface area (Å²) in [5.74, 6) is 0.638. The largest absolute Gasteiger partial charge is 0.491 e. The second kappa shape index (κ2) is 6.86. The SMILES string of the molecule is CC(C)Oc1cccc(NC(=O)c2cccc(C(C)(C)C)c2)c1. The molecule has 1 N–H and O–H groups in total. The number of nitrogens with one attached hydrogen (secondary N) is 1. The van der Waals surface area contributed by atoms with Crippen LogP contribution in [0.3, 0.4) is 0 Å². The van der Waals surface area contributed by atoms with Gasteiger partial charge in [-0.25, -0.2) is 0 Å². The summed E-state index contributed by atoms with van der Waals surface area (Å²) < 4.78 is 5.65. The molecule has 0 aliphatic heterocycles. The van der Waals surface area contributed by atoms with Crippen LogP contribution in [0, 0.1) is 0 Å². The summed E-state index contributed by atoms with van der Waals surface area (Å²) in [6, 6.07) is 15.2. The molecule has 3 nitrogen and oxygen atoms in total. The van der Waals surface area contributed by atoms with E-state index in [0.29, 0.717) is 5.56 Å². The number of carbonyl (C=O) groups excluding carboxylic acids is 1. The molecule has 1 amide bonds. The molecule has 0 aliphatic carbocycles. The molecule has 0 aliphatic rings. The Balaban J connectivity index is 2.16. The molecular weight excluding hydrogens is 286 g/mol. The molecule has 0 bridgehead atoms. The van der Waals surface area contributed by atoms with Gasteiger partial charge in [-0.2, -0.15) is 0 Å². The van der Waals surface area contributed by atoms with Gasteiger partial charge in [0.25, 0.3) is 5.91 Å². The van der Waals surface area contributed by atoms with Crippen LogP contribution >= 0.6 is 0 Å². The van der Waals surface area contributed by atoms with Crippen molar-refractivity contribution in [1.82, 2.24) is 0 Å². The summed E-state index contributed by atoms with van der Waals surface area (Å²) in [5, 5.41) is 2.93. The minimum atomic E-state index is -0.113. The summed E-state index contributed by atoms with van der Waals surface area (Å²) in [7, 11) is 0. The number of hydrogen-bond donors (Lipinski definition) is 1. The third-order valence-electron chi connectivity index (χ3n) is 3.45. The van der Waals surface area contributed by atoms with E-state index in [1.807, 2.05) is 62.4 Å². The lowest BCUT2D eigenvalue weighted by atomic mass is 9.86. The monoisotopic (exact) mass is 311 g/mol. The first-order chi connectivity index (χ1) is 10.8. The Labute approximate surface area is 138 Å². The van der Waals surface area contributed by atoms with Crippen molar-refractivity contribution in [3.05, 3.63) is 59.7 Å². The highest BCUT2D eigenvalue weighted by atomic mass is 16.5. The number of hydrogen-bond acceptors (Lipinski definition) is 2. The van der Waals surface area contributed by atoms with Crippen molar-refractivity contribution in [2.45, 2.75) is 46.1 Å². The van der Waals surface area contributed by atoms with E-state index < -0.39 is 0 Å². The van der Waals surface area contributed by atoms with Gasteiger partial charge in [0.2, 0.25) is 0 Å². The molecule has 0 heterocycles. The lowest BCUT2D eigenvalue weighted by molar-refractivity contribution is 0.102. The highest BCUT2D eigenvalue weighted by Gasteiger charge is 2.15. The van der Waals surface area contributed by atoms with Crippen molar-refractivity contribution in [2.24, 2.45) is 0 Å². The van der Waals surface area contributed by atoms with Crippen LogP contribution in [0.4, 0.5) is 5.69 Å². The summed E-state index contributed by atoms with van der Waals surface area (Å²) in [4.78, 5) is 12.5. The first-order valence-electron chi connectivity index (χ1n) is 7.94. The quantitative estimate of drug-likeness (QED) is 0.860. The van der Waals surface area contributed by atoms with Crippen LogP contribution in [0.25, 0.3) is 0 Å². The highest BCUT2D eigenvalue weighted by Crippen LogP contribution is 2.24. The van der Waals surface area contributed by atoms with E-state index in [1.54, 1.807) is 0 Å². The predicted molar refractivity (Wildman–Crippen MR) is 95.3 cm³/mol. The molecule has 23 heavy (non-hydrogen) atoms. The first-order valence-corrected chi connectivity index (χ1v) is 7.94. The van der Waals surface area contributed by atoms with Crippen molar-refractivity contribution < 1.29 is 9.53 Å². The summed E-state index contributed by atoms with van der Waals surface area (Å²) in [6.45, 7) is 10.4. The molecule has 122 valence electrons. The Morgan fingerprint density at radius 1 is 1.04 bits per heavy atom. The highest BCUT2D eigenvalue weighted by molar-refractivity contribution is 6.04. The van der Waals surface area contributed by atoms with Gasteiger partial charge in [0, 0.05) is 17.3 Å². The average Bonchev–Trinajstić information content (AvgIpc) is 2.46. The maximum atomic E-state index is 12.5. The number of amides is 1. The Hall–Kier alpha value is -2.29. The normalized spacial score (nSPS) is 11.4. The van der Waals surface area contributed by atoms with Gasteiger partial charge >= 0.3 is 0 Å². The van der Waals surface area contributed by atoms with Gasteiger partial charge in [0.1, 0.15) is 5.75 Å². The molecule has 0 radical (unpaired) electrons. The Kier molecular flexibility index (Phi) is 5.09. The molecule has 0 aromatic heterocycles. The number of anilines is 1. The maximum Gasteiger partial charge on any atom is 0.255 e. The van der Waals surface area contributed by atoms with E-state index in [2.05, 4.69) is 26.1 Å². The van der Waals surface area contributed by atoms with Gasteiger partial charge < -0.3 is 10.1 Å². The summed E-state index contributed by atoms with van der Waals surface area (Å²) in [6.07, 6.45) is 0.101. The fourth-order valence-electron chi connectivity index (χ4n) is 2.25. The standard InChI is InChI=1S/C20H25NO2/c1-14(2)23-18-11-7-10-17(13-18)21-19(22)15-8-6-9-16(12-15)20(3,4)5/h6-14H,1-5H3,(H,21,22). The van der Waals surface area contributed by atoms with E-state index in [4.69, 9.17) is 4.74 Å². The maximum absolute atomic E-state index is 12.5. The summed E-state index contributed by atoms with van der Waals surface area (Å²) >= 11 is 0. The van der Waals surface area contributed by atoms with Crippen molar-refractivity contribution in [3.63, 3.8) is 0 Å². The van der Waals surface area contributed by atoms with Crippen molar-refractivity contribution in [1.29, 1.82) is 0 Å². The molecule has 2 aromatic carbocycles. The summed E-state index contributed by atoms with van der Waals surface area (Å²) in [5.41, 5.74) is 2.55.